The van der Waals surface area contributed by atoms with Crippen molar-refractivity contribution in [2.24, 2.45) is 0 Å². The molecule has 0 amide bonds. The lowest BCUT2D eigenvalue weighted by Gasteiger charge is -2.09. The first-order chi connectivity index (χ1) is 66.5. The lowest BCUT2D eigenvalue weighted by Crippen LogP contribution is -1.94. The summed E-state index contributed by atoms with van der Waals surface area (Å²) in [5.41, 5.74) is 32.1. The van der Waals surface area contributed by atoms with Gasteiger partial charge in [-0.25, -0.2) is 9.97 Å². The number of furan rings is 5. The molecule has 0 spiro atoms. The van der Waals surface area contributed by atoms with Crippen LogP contribution in [0.1, 0.15) is 27.9 Å². The number of pyridine rings is 3. The summed E-state index contributed by atoms with van der Waals surface area (Å²) in [6.07, 6.45) is 5.59. The molecule has 0 aliphatic heterocycles. The van der Waals surface area contributed by atoms with Crippen LogP contribution in [0.2, 0.25) is 0 Å². The lowest BCUT2D eigenvalue weighted by atomic mass is 10.1. The van der Waals surface area contributed by atoms with Crippen LogP contribution in [0.15, 0.2) is 429 Å². The largest absolute Gasteiger partial charge is 0.456 e. The van der Waals surface area contributed by atoms with Crippen LogP contribution in [0.25, 0.3) is 247 Å². The van der Waals surface area contributed by atoms with Crippen molar-refractivity contribution in [2.75, 3.05) is 0 Å². The SMILES string of the molecule is Cc1cc(-n2c3ccccc3c3ccccc32)cc2c1oc1ccccc12.Cc1ccc2oc3ccc(-n4c5ccccc5c5ccccc54)cc3c2c1.Cc1ccc2oc3ncc(-n4c5ccccc5c5ccccc54)cc3c2c1.Cc1cnc2oc3ccc(-n4c5ccccc5c5ccccc54)cc3c2c1.Cc1nccc2c1oc1ccc(-n3c4ccccc4c4ccccc43)cc12. The Kier molecular flexibility index (Phi) is 18.1. The highest BCUT2D eigenvalue weighted by Gasteiger charge is 2.23. The Morgan fingerprint density at radius 1 is 0.178 bits per heavy atom. The van der Waals surface area contributed by atoms with Gasteiger partial charge in [0.2, 0.25) is 11.4 Å². The summed E-state index contributed by atoms with van der Waals surface area (Å²) in [5.74, 6) is 0. The molecule has 135 heavy (non-hydrogen) atoms. The monoisotopic (exact) mass is 1740 g/mol. The van der Waals surface area contributed by atoms with E-state index in [0.717, 1.165) is 122 Å². The molecular weight excluding hydrogens is 1660 g/mol. The minimum atomic E-state index is 0.681. The third-order valence-corrected chi connectivity index (χ3v) is 26.9. The molecule has 13 heteroatoms. The summed E-state index contributed by atoms with van der Waals surface area (Å²) in [7, 11) is 0. The number of hydrogen-bond acceptors (Lipinski definition) is 8. The van der Waals surface area contributed by atoms with Crippen molar-refractivity contribution in [1.29, 1.82) is 0 Å². The van der Waals surface area contributed by atoms with Crippen molar-refractivity contribution in [3.63, 3.8) is 0 Å². The molecule has 17 aromatic carbocycles. The van der Waals surface area contributed by atoms with Crippen molar-refractivity contribution in [1.82, 2.24) is 37.8 Å². The van der Waals surface area contributed by atoms with Crippen molar-refractivity contribution in [2.45, 2.75) is 34.6 Å². The lowest BCUT2D eigenvalue weighted by molar-refractivity contribution is 0.653. The fourth-order valence-corrected chi connectivity index (χ4v) is 20.9. The van der Waals surface area contributed by atoms with Gasteiger partial charge >= 0.3 is 0 Å². The van der Waals surface area contributed by atoms with E-state index in [1.54, 1.807) is 0 Å². The van der Waals surface area contributed by atoms with Gasteiger partial charge in [-0.15, -0.1) is 0 Å². The highest BCUT2D eigenvalue weighted by atomic mass is 16.4. The Morgan fingerprint density at radius 3 is 0.881 bits per heavy atom. The maximum absolute atomic E-state index is 6.12. The fourth-order valence-electron chi connectivity index (χ4n) is 20.9. The van der Waals surface area contributed by atoms with Gasteiger partial charge in [-0.3, -0.25) is 4.98 Å². The van der Waals surface area contributed by atoms with Gasteiger partial charge in [0.25, 0.3) is 0 Å². The number of benzene rings is 17. The summed E-state index contributed by atoms with van der Waals surface area (Å²) in [6, 6.07) is 137. The molecule has 0 fully saturated rings. The highest BCUT2D eigenvalue weighted by molar-refractivity contribution is 6.17. The molecule has 0 saturated heterocycles. The average molecular weight is 1740 g/mol. The molecule has 13 nitrogen and oxygen atoms in total. The molecule has 0 unspecified atom stereocenters. The predicted molar refractivity (Wildman–Crippen MR) is 557 cm³/mol. The third-order valence-electron chi connectivity index (χ3n) is 26.9. The molecular formula is C122H82N8O5. The first-order valence-electron chi connectivity index (χ1n) is 45.6. The molecule has 640 valence electrons. The van der Waals surface area contributed by atoms with Gasteiger partial charge in [0.05, 0.1) is 78.1 Å². The maximum Gasteiger partial charge on any atom is 0.227 e. The number of aromatic nitrogens is 8. The summed E-state index contributed by atoms with van der Waals surface area (Å²) >= 11 is 0. The number of nitrogens with zero attached hydrogens (tertiary/aromatic N) is 8. The Morgan fingerprint density at radius 2 is 0.459 bits per heavy atom. The number of rotatable bonds is 5. The van der Waals surface area contributed by atoms with E-state index in [0.29, 0.717) is 11.4 Å². The molecule has 0 aliphatic rings. The van der Waals surface area contributed by atoms with Crippen molar-refractivity contribution in [3.05, 3.63) is 435 Å². The Hall–Kier alpha value is -17.8. The zero-order chi connectivity index (χ0) is 89.8. The average Bonchev–Trinajstić information content (AvgIpc) is 1.61. The Bertz CT molecular complexity index is 9070. The van der Waals surface area contributed by atoms with E-state index in [1.807, 2.05) is 55.8 Å². The quantitative estimate of drug-likeness (QED) is 0.167. The Labute approximate surface area is 771 Å². The van der Waals surface area contributed by atoms with E-state index in [9.17, 15) is 0 Å². The topological polar surface area (TPSA) is 129 Å². The minimum absolute atomic E-state index is 0.681. The summed E-state index contributed by atoms with van der Waals surface area (Å²) < 4.78 is 41.7. The van der Waals surface area contributed by atoms with E-state index >= 15 is 0 Å². The van der Waals surface area contributed by atoms with Crippen LogP contribution >= 0.6 is 0 Å². The number of aryl methyl sites for hydroxylation is 5. The Balaban J connectivity index is 0.0000000878. The van der Waals surface area contributed by atoms with Crippen LogP contribution in [0.5, 0.6) is 0 Å². The van der Waals surface area contributed by atoms with Crippen LogP contribution in [0, 0.1) is 34.6 Å². The number of hydrogen-bond donors (Lipinski definition) is 0. The summed E-state index contributed by atoms with van der Waals surface area (Å²) in [4.78, 5) is 13.4. The second-order valence-electron chi connectivity index (χ2n) is 35.2. The van der Waals surface area contributed by atoms with Crippen LogP contribution in [-0.2, 0) is 0 Å². The van der Waals surface area contributed by atoms with E-state index in [2.05, 4.69) is 423 Å². The van der Waals surface area contributed by atoms with E-state index in [1.165, 1.54) is 142 Å². The van der Waals surface area contributed by atoms with Crippen LogP contribution in [0.3, 0.4) is 0 Å². The second-order valence-corrected chi connectivity index (χ2v) is 35.2. The molecule has 0 atom stereocenters. The zero-order valence-electron chi connectivity index (χ0n) is 74.3. The second kappa shape index (κ2) is 31.2. The number of fused-ring (bicyclic) bond motifs is 30. The summed E-state index contributed by atoms with van der Waals surface area (Å²) in [6.45, 7) is 10.4. The van der Waals surface area contributed by atoms with Crippen LogP contribution < -0.4 is 0 Å². The molecule has 30 rings (SSSR count). The van der Waals surface area contributed by atoms with Gasteiger partial charge in [-0.05, 0) is 222 Å². The minimum Gasteiger partial charge on any atom is -0.456 e. The first-order valence-corrected chi connectivity index (χ1v) is 45.6. The molecule has 13 heterocycles. The van der Waals surface area contributed by atoms with E-state index in [4.69, 9.17) is 22.1 Å². The van der Waals surface area contributed by atoms with E-state index in [-0.39, 0.29) is 0 Å². The van der Waals surface area contributed by atoms with Crippen molar-refractivity contribution >= 4 is 219 Å². The maximum atomic E-state index is 6.12. The smallest absolute Gasteiger partial charge is 0.227 e. The predicted octanol–water partition coefficient (Wildman–Crippen LogP) is 33.1. The van der Waals surface area contributed by atoms with Gasteiger partial charge in [0.15, 0.2) is 5.58 Å². The molecule has 0 bridgehead atoms. The van der Waals surface area contributed by atoms with Crippen LogP contribution in [-0.4, -0.2) is 37.8 Å². The number of para-hydroxylation sites is 11. The standard InChI is InChI=1S/2C25H17NO.3C24H16N2O/c1-16-14-17(15-21-20-10-4-7-13-24(20)27-25(16)21)26-22-11-5-2-8-18(22)19-9-3-6-12-23(19)26;1-16-10-12-24-20(14-16)21-15-17(11-13-25(21)27-24)26-22-8-4-2-6-18(22)19-7-3-5-9-23(19)26;1-15-12-20-19-13-16(10-11-23(19)27-24(20)25-14-15)26-21-8-4-2-6-17(21)18-7-3-5-9-22(18)26;1-15-10-11-23-19(12-15)20-13-16(14-25-24(20)27-23)26-21-8-4-2-6-17(21)18-7-3-5-9-22(18)26;1-15-24-19(12-13-25-15)20-14-16(10-11-23(20)27-24)26-21-8-4-2-6-17(21)18-7-3-5-9-22(18)26/h2*2-15H,1H3;3*2-14H,1H3. The molecule has 0 radical (unpaired) electrons. The molecule has 0 N–H and O–H groups in total. The van der Waals surface area contributed by atoms with Gasteiger partial charge in [0, 0.05) is 137 Å². The van der Waals surface area contributed by atoms with Gasteiger partial charge in [0.1, 0.15) is 39.1 Å². The first kappa shape index (κ1) is 78.3. The van der Waals surface area contributed by atoms with Gasteiger partial charge < -0.3 is 44.9 Å². The van der Waals surface area contributed by atoms with Gasteiger partial charge in [-0.1, -0.05) is 223 Å². The normalized spacial score (nSPS) is 11.9. The fraction of sp³-hybridized carbons (Fsp3) is 0.0410. The summed E-state index contributed by atoms with van der Waals surface area (Å²) in [5, 5.41) is 23.9. The highest BCUT2D eigenvalue weighted by Crippen LogP contribution is 2.44. The van der Waals surface area contributed by atoms with Gasteiger partial charge in [-0.2, -0.15) is 0 Å². The van der Waals surface area contributed by atoms with E-state index < -0.39 is 0 Å². The van der Waals surface area contributed by atoms with Crippen molar-refractivity contribution in [3.8, 4) is 28.4 Å². The molecule has 30 aromatic rings. The van der Waals surface area contributed by atoms with Crippen LogP contribution in [0.4, 0.5) is 0 Å². The van der Waals surface area contributed by atoms with Crippen molar-refractivity contribution < 1.29 is 22.1 Å². The molecule has 13 aromatic heterocycles. The molecule has 0 aliphatic carbocycles. The zero-order valence-corrected chi connectivity index (χ0v) is 74.3. The molecule has 0 saturated carbocycles. The third kappa shape index (κ3) is 12.8.